The van der Waals surface area contributed by atoms with Crippen molar-refractivity contribution < 1.29 is 43.2 Å². The van der Waals surface area contributed by atoms with Crippen LogP contribution in [0.1, 0.15) is 89.7 Å². The van der Waals surface area contributed by atoms with E-state index in [1.807, 2.05) is 54.5 Å². The summed E-state index contributed by atoms with van der Waals surface area (Å²) in [4.78, 5) is 41.8. The lowest BCUT2D eigenvalue weighted by molar-refractivity contribution is -0.267. The third kappa shape index (κ3) is 3.44. The van der Waals surface area contributed by atoms with Gasteiger partial charge in [0.1, 0.15) is 41.3 Å². The molecule has 238 valence electrons. The maximum atomic E-state index is 15.2. The van der Waals surface area contributed by atoms with Gasteiger partial charge in [0, 0.05) is 43.1 Å². The molecule has 3 aliphatic heterocycles. The van der Waals surface area contributed by atoms with Crippen molar-refractivity contribution in [3.8, 4) is 17.2 Å². The molecule has 9 heteroatoms. The number of hydrogen-bond donors (Lipinski definition) is 1. The maximum absolute atomic E-state index is 15.2. The number of rotatable bonds is 7. The van der Waals surface area contributed by atoms with Crippen molar-refractivity contribution in [1.29, 1.82) is 0 Å². The Hall–Kier alpha value is -3.01. The molecule has 0 aromatic heterocycles. The molecule has 7 atom stereocenters. The number of phenols is 1. The first-order chi connectivity index (χ1) is 20.5. The molecule has 1 aromatic carbocycles. The molecule has 0 amide bonds. The number of carbonyl (C=O) groups excluding carboxylic acids is 3. The molecule has 3 aliphatic carbocycles. The van der Waals surface area contributed by atoms with E-state index in [0.717, 1.165) is 11.9 Å². The first kappa shape index (κ1) is 31.0. The average Bonchev–Trinajstić information content (AvgIpc) is 3.28. The van der Waals surface area contributed by atoms with Crippen molar-refractivity contribution in [2.24, 2.45) is 11.8 Å². The van der Waals surface area contributed by atoms with Gasteiger partial charge in [-0.25, -0.2) is 0 Å². The highest BCUT2D eigenvalue weighted by molar-refractivity contribution is 6.11. The van der Waals surface area contributed by atoms with E-state index in [-0.39, 0.29) is 47.6 Å². The summed E-state index contributed by atoms with van der Waals surface area (Å²) in [7, 11) is 2.93. The molecular weight excluding hydrogens is 564 g/mol. The molecule has 1 saturated heterocycles. The molecule has 0 unspecified atom stereocenters. The van der Waals surface area contributed by atoms with E-state index in [4.69, 9.17) is 23.7 Å². The summed E-state index contributed by atoms with van der Waals surface area (Å²) in [6.07, 6.45) is 3.67. The number of phenolic OH excluding ortho intramolecular Hbond substituents is 1. The molecular formula is C35H44O9. The monoisotopic (exact) mass is 608 g/mol. The van der Waals surface area contributed by atoms with Gasteiger partial charge in [0.15, 0.2) is 22.6 Å². The number of Topliss-reactive ketones (excluding diaryl/α,β-unsaturated/α-hetero) is 2. The molecule has 4 bridgehead atoms. The van der Waals surface area contributed by atoms with Gasteiger partial charge in [0.2, 0.25) is 5.78 Å². The highest BCUT2D eigenvalue weighted by Gasteiger charge is 2.89. The summed E-state index contributed by atoms with van der Waals surface area (Å²) in [6.45, 7) is 15.4. The zero-order chi connectivity index (χ0) is 32.4. The highest BCUT2D eigenvalue weighted by Crippen LogP contribution is 2.72. The van der Waals surface area contributed by atoms with Gasteiger partial charge >= 0.3 is 0 Å². The summed E-state index contributed by atoms with van der Waals surface area (Å²) < 4.78 is 32.7. The second-order valence-electron chi connectivity index (χ2n) is 14.6. The van der Waals surface area contributed by atoms with Gasteiger partial charge in [-0.1, -0.05) is 31.6 Å². The fourth-order valence-corrected chi connectivity index (χ4v) is 8.92. The largest absolute Gasteiger partial charge is 0.507 e. The topological polar surface area (TPSA) is 118 Å². The van der Waals surface area contributed by atoms with Gasteiger partial charge in [-0.05, 0) is 60.0 Å². The van der Waals surface area contributed by atoms with Crippen LogP contribution in [0.25, 0.3) is 0 Å². The summed E-state index contributed by atoms with van der Waals surface area (Å²) >= 11 is 0. The normalized spacial score (nSPS) is 37.1. The summed E-state index contributed by atoms with van der Waals surface area (Å²) in [6, 6.07) is 0. The van der Waals surface area contributed by atoms with E-state index in [1.165, 1.54) is 14.2 Å². The van der Waals surface area contributed by atoms with Crippen LogP contribution in [0, 0.1) is 11.8 Å². The Morgan fingerprint density at radius 1 is 1.07 bits per heavy atom. The standard InChI is InChI=1S/C35H44O9/c1-17(2)11-12-20-25(37)22-26(38)23-29(40-9)33(41-10)15-21-32(7,8)44-34(30(33)39,14-13-18(3)16-36)35(21,23)43-28(22)24-27(20)42-19(4)31(24,5)6/h11,13,16,19,21,23,29,37H,12,14-15H2,1-10H3/b18-13-/t19-,21-,23+,29+,33+,34-,35-/m1/s1. The number of aldehydes is 1. The second kappa shape index (κ2) is 9.50. The van der Waals surface area contributed by atoms with Crippen LogP contribution in [0.4, 0.5) is 0 Å². The van der Waals surface area contributed by atoms with Gasteiger partial charge in [-0.15, -0.1) is 0 Å². The van der Waals surface area contributed by atoms with Crippen molar-refractivity contribution in [2.45, 2.75) is 115 Å². The fraction of sp³-hybridized carbons (Fsp3) is 0.629. The molecule has 3 saturated carbocycles. The number of aromatic hydroxyl groups is 1. The smallest absolute Gasteiger partial charge is 0.203 e. The van der Waals surface area contributed by atoms with Gasteiger partial charge in [0.05, 0.1) is 11.5 Å². The van der Waals surface area contributed by atoms with Crippen molar-refractivity contribution >= 4 is 17.9 Å². The lowest BCUT2D eigenvalue weighted by Gasteiger charge is -2.65. The quantitative estimate of drug-likeness (QED) is 0.260. The van der Waals surface area contributed by atoms with Crippen LogP contribution < -0.4 is 9.47 Å². The minimum Gasteiger partial charge on any atom is -0.507 e. The number of ether oxygens (including phenoxy) is 5. The summed E-state index contributed by atoms with van der Waals surface area (Å²) in [5.74, 6) is -1.72. The first-order valence-electron chi connectivity index (χ1n) is 15.4. The van der Waals surface area contributed by atoms with Gasteiger partial charge in [-0.3, -0.25) is 14.4 Å². The minimum atomic E-state index is -1.68. The molecule has 4 fully saturated rings. The van der Waals surface area contributed by atoms with E-state index < -0.39 is 45.8 Å². The van der Waals surface area contributed by atoms with Crippen LogP contribution in [-0.2, 0) is 35.6 Å². The molecule has 9 nitrogen and oxygen atoms in total. The van der Waals surface area contributed by atoms with Crippen molar-refractivity contribution in [3.63, 3.8) is 0 Å². The predicted molar refractivity (Wildman–Crippen MR) is 162 cm³/mol. The number of hydrogen-bond acceptors (Lipinski definition) is 9. The Labute approximate surface area is 258 Å². The number of ketones is 2. The van der Waals surface area contributed by atoms with Crippen molar-refractivity contribution in [1.82, 2.24) is 0 Å². The summed E-state index contributed by atoms with van der Waals surface area (Å²) in [5, 5.41) is 11.9. The first-order valence-corrected chi connectivity index (χ1v) is 15.4. The molecule has 1 aromatic rings. The average molecular weight is 609 g/mol. The van der Waals surface area contributed by atoms with Crippen LogP contribution >= 0.6 is 0 Å². The number of carbonyl (C=O) groups is 3. The van der Waals surface area contributed by atoms with Crippen LogP contribution in [0.2, 0.25) is 0 Å². The Balaban J connectivity index is 1.72. The van der Waals surface area contributed by atoms with Crippen LogP contribution in [0.15, 0.2) is 23.3 Å². The molecule has 44 heavy (non-hydrogen) atoms. The van der Waals surface area contributed by atoms with E-state index >= 15 is 4.79 Å². The van der Waals surface area contributed by atoms with Crippen molar-refractivity contribution in [2.75, 3.05) is 14.2 Å². The van der Waals surface area contributed by atoms with E-state index in [1.54, 1.807) is 13.0 Å². The molecule has 1 N–H and O–H groups in total. The van der Waals surface area contributed by atoms with E-state index in [9.17, 15) is 14.7 Å². The molecule has 1 spiro atoms. The fourth-order valence-electron chi connectivity index (χ4n) is 8.92. The number of benzene rings is 1. The van der Waals surface area contributed by atoms with Crippen LogP contribution in [0.3, 0.4) is 0 Å². The van der Waals surface area contributed by atoms with Gasteiger partial charge in [-0.2, -0.15) is 0 Å². The lowest BCUT2D eigenvalue weighted by atomic mass is 9.44. The van der Waals surface area contributed by atoms with E-state index in [2.05, 4.69) is 0 Å². The highest BCUT2D eigenvalue weighted by atomic mass is 16.6. The lowest BCUT2D eigenvalue weighted by Crippen LogP contribution is -2.86. The van der Waals surface area contributed by atoms with Gasteiger partial charge in [0.25, 0.3) is 0 Å². The van der Waals surface area contributed by atoms with Crippen LogP contribution in [0.5, 0.6) is 17.2 Å². The molecule has 6 aliphatic rings. The van der Waals surface area contributed by atoms with Crippen LogP contribution in [-0.4, -0.2) is 71.8 Å². The summed E-state index contributed by atoms with van der Waals surface area (Å²) in [5.41, 5.74) is -3.43. The van der Waals surface area contributed by atoms with Crippen molar-refractivity contribution in [3.05, 3.63) is 40.0 Å². The predicted octanol–water partition coefficient (Wildman–Crippen LogP) is 4.98. The Kier molecular flexibility index (Phi) is 6.69. The third-order valence-corrected chi connectivity index (χ3v) is 11.4. The second-order valence-corrected chi connectivity index (χ2v) is 14.6. The van der Waals surface area contributed by atoms with E-state index in [0.29, 0.717) is 28.9 Å². The zero-order valence-electron chi connectivity index (χ0n) is 27.4. The SMILES string of the molecule is CO[C@H]1[C@@H]2C(=O)c3c(O)c(CC=C(C)C)c4c(c3O[C@]23[C@@H]2C[C@@]1(OC)C(=O)[C@@]3(C/C=C(/C)C=O)OC2(C)C)C(C)(C)[C@@H](C)O4. The number of fused-ring (bicyclic) bond motifs is 3. The Morgan fingerprint density at radius 3 is 2.34 bits per heavy atom. The Morgan fingerprint density at radius 2 is 1.75 bits per heavy atom. The molecule has 3 heterocycles. The number of methoxy groups -OCH3 is 2. The number of allylic oxidation sites excluding steroid dienone is 3. The van der Waals surface area contributed by atoms with Gasteiger partial charge < -0.3 is 28.8 Å². The molecule has 7 rings (SSSR count). The minimum absolute atomic E-state index is 0.000117. The maximum Gasteiger partial charge on any atom is 0.203 e. The molecule has 0 radical (unpaired) electrons. The zero-order valence-corrected chi connectivity index (χ0v) is 27.4. The third-order valence-electron chi connectivity index (χ3n) is 11.4. The Bertz CT molecular complexity index is 1550.